The van der Waals surface area contributed by atoms with E-state index >= 15 is 0 Å². The lowest BCUT2D eigenvalue weighted by Gasteiger charge is -2.15. The van der Waals surface area contributed by atoms with Crippen LogP contribution >= 0.6 is 23.2 Å². The Bertz CT molecular complexity index is 938. The molecule has 1 amide bonds. The van der Waals surface area contributed by atoms with Crippen LogP contribution in [0.3, 0.4) is 0 Å². The van der Waals surface area contributed by atoms with Crippen LogP contribution in [0.25, 0.3) is 0 Å². The Kier molecular flexibility index (Phi) is 6.63. The number of carbonyl (C=O) groups excluding carboxylic acids is 1. The Hall–Kier alpha value is -2.89. The van der Waals surface area contributed by atoms with Gasteiger partial charge in [0.25, 0.3) is 5.91 Å². The number of benzene rings is 2. The Labute approximate surface area is 173 Å². The zero-order valence-corrected chi connectivity index (χ0v) is 16.5. The fourth-order valence-electron chi connectivity index (χ4n) is 2.41. The lowest BCUT2D eigenvalue weighted by Crippen LogP contribution is -2.34. The molecule has 0 aliphatic rings. The first kappa shape index (κ1) is 19.9. The number of ether oxygens (including phenoxy) is 1. The van der Waals surface area contributed by atoms with Gasteiger partial charge in [0.1, 0.15) is 5.75 Å². The van der Waals surface area contributed by atoms with Crippen LogP contribution in [0.1, 0.15) is 18.1 Å². The van der Waals surface area contributed by atoms with E-state index in [1.54, 1.807) is 37.5 Å². The Morgan fingerprint density at radius 3 is 2.50 bits per heavy atom. The zero-order chi connectivity index (χ0) is 19.9. The topological polar surface area (TPSA) is 63.6 Å². The van der Waals surface area contributed by atoms with Gasteiger partial charge in [-0.05, 0) is 37.3 Å². The first-order valence-electron chi connectivity index (χ1n) is 8.49. The summed E-state index contributed by atoms with van der Waals surface area (Å²) in [7, 11) is 0. The van der Waals surface area contributed by atoms with E-state index in [0.29, 0.717) is 21.5 Å². The number of hydrogen-bond donors (Lipinski definition) is 1. The molecule has 0 aliphatic heterocycles. The molecule has 0 aliphatic carbocycles. The van der Waals surface area contributed by atoms with Gasteiger partial charge < -0.3 is 4.74 Å². The van der Waals surface area contributed by atoms with E-state index in [0.717, 1.165) is 11.1 Å². The van der Waals surface area contributed by atoms with Gasteiger partial charge in [-0.2, -0.15) is 5.10 Å². The van der Waals surface area contributed by atoms with E-state index in [-0.39, 0.29) is 0 Å². The molecule has 0 fully saturated rings. The Balaban J connectivity index is 1.77. The number of nitrogens with zero attached hydrogens (tertiary/aromatic N) is 2. The molecule has 0 saturated carbocycles. The van der Waals surface area contributed by atoms with Gasteiger partial charge in [0.2, 0.25) is 0 Å². The fourth-order valence-corrected chi connectivity index (χ4v) is 2.86. The van der Waals surface area contributed by atoms with E-state index in [9.17, 15) is 4.79 Å². The molecule has 0 spiro atoms. The molecule has 0 saturated heterocycles. The second kappa shape index (κ2) is 9.35. The minimum absolute atomic E-state index is 0.330. The number of halogens is 2. The number of carbonyl (C=O) groups is 1. The van der Waals surface area contributed by atoms with Crippen molar-refractivity contribution in [3.05, 3.63) is 94.2 Å². The Morgan fingerprint density at radius 2 is 1.82 bits per heavy atom. The molecule has 3 aromatic rings. The van der Waals surface area contributed by atoms with Crippen molar-refractivity contribution in [2.75, 3.05) is 0 Å². The summed E-state index contributed by atoms with van der Waals surface area (Å²) in [5.41, 5.74) is 4.79. The molecule has 0 bridgehead atoms. The van der Waals surface area contributed by atoms with E-state index in [2.05, 4.69) is 15.5 Å². The van der Waals surface area contributed by atoms with Gasteiger partial charge in [0.05, 0.1) is 10.7 Å². The minimum atomic E-state index is -0.812. The monoisotopic (exact) mass is 413 g/mol. The van der Waals surface area contributed by atoms with Crippen molar-refractivity contribution in [2.24, 2.45) is 5.10 Å². The van der Waals surface area contributed by atoms with E-state index in [4.69, 9.17) is 27.9 Å². The summed E-state index contributed by atoms with van der Waals surface area (Å²) in [5, 5.41) is 5.12. The summed E-state index contributed by atoms with van der Waals surface area (Å²) < 4.78 is 5.62. The molecule has 1 atom stereocenters. The molecule has 3 rings (SSSR count). The smallest absolute Gasteiger partial charge is 0.280 e. The normalized spacial score (nSPS) is 12.3. The molecule has 5 nitrogen and oxygen atoms in total. The van der Waals surface area contributed by atoms with Crippen molar-refractivity contribution in [1.82, 2.24) is 10.4 Å². The zero-order valence-electron chi connectivity index (χ0n) is 15.0. The average Bonchev–Trinajstić information content (AvgIpc) is 2.71. The van der Waals surface area contributed by atoms with Crippen LogP contribution in [0.2, 0.25) is 10.0 Å². The number of aromatic nitrogens is 1. The highest BCUT2D eigenvalue weighted by Crippen LogP contribution is 2.28. The molecule has 2 aromatic carbocycles. The summed E-state index contributed by atoms with van der Waals surface area (Å²) in [6, 6.07) is 18.0. The number of rotatable bonds is 6. The highest BCUT2D eigenvalue weighted by atomic mass is 35.5. The van der Waals surface area contributed by atoms with Crippen molar-refractivity contribution in [2.45, 2.75) is 13.0 Å². The van der Waals surface area contributed by atoms with Crippen molar-refractivity contribution >= 4 is 34.8 Å². The first-order valence-corrected chi connectivity index (χ1v) is 9.25. The first-order chi connectivity index (χ1) is 13.5. The van der Waals surface area contributed by atoms with Crippen LogP contribution in [0, 0.1) is 0 Å². The second-order valence-electron chi connectivity index (χ2n) is 5.88. The lowest BCUT2D eigenvalue weighted by molar-refractivity contribution is -0.127. The molecule has 1 heterocycles. The summed E-state index contributed by atoms with van der Waals surface area (Å²) in [5.74, 6) is -0.0448. The van der Waals surface area contributed by atoms with Crippen molar-refractivity contribution in [3.8, 4) is 5.75 Å². The van der Waals surface area contributed by atoms with Crippen molar-refractivity contribution in [1.29, 1.82) is 0 Å². The molecule has 1 unspecified atom stereocenters. The van der Waals surface area contributed by atoms with Gasteiger partial charge in [-0.1, -0.05) is 53.5 Å². The standard InChI is InChI=1S/C21H17Cl2N3O2/c1-14(28-19-10-9-17(22)12-18(19)23)21(27)26-25-20(15-6-3-2-4-7-15)16-8-5-11-24-13-16/h2-14H,1H3,(H,26,27)/b25-20+. The Morgan fingerprint density at radius 1 is 1.07 bits per heavy atom. The van der Waals surface area contributed by atoms with Crippen LogP contribution in [0.4, 0.5) is 0 Å². The minimum Gasteiger partial charge on any atom is -0.479 e. The highest BCUT2D eigenvalue weighted by Gasteiger charge is 2.17. The van der Waals surface area contributed by atoms with E-state index in [1.165, 1.54) is 0 Å². The second-order valence-corrected chi connectivity index (χ2v) is 6.72. The molecule has 142 valence electrons. The van der Waals surface area contributed by atoms with Crippen LogP contribution in [0.15, 0.2) is 78.2 Å². The van der Waals surface area contributed by atoms with E-state index < -0.39 is 12.0 Å². The number of hydrazone groups is 1. The summed E-state index contributed by atoms with van der Waals surface area (Å²) in [6.45, 7) is 1.61. The number of pyridine rings is 1. The third-order valence-electron chi connectivity index (χ3n) is 3.83. The van der Waals surface area contributed by atoms with Gasteiger partial charge in [0.15, 0.2) is 6.10 Å². The molecular weight excluding hydrogens is 397 g/mol. The molecule has 7 heteroatoms. The molecular formula is C21H17Cl2N3O2. The number of hydrogen-bond acceptors (Lipinski definition) is 4. The lowest BCUT2D eigenvalue weighted by atomic mass is 10.0. The third-order valence-corrected chi connectivity index (χ3v) is 4.36. The van der Waals surface area contributed by atoms with Crippen molar-refractivity contribution < 1.29 is 9.53 Å². The van der Waals surface area contributed by atoms with Gasteiger partial charge in [0, 0.05) is 28.5 Å². The van der Waals surface area contributed by atoms with Crippen LogP contribution in [-0.2, 0) is 4.79 Å². The summed E-state index contributed by atoms with van der Waals surface area (Å²) in [4.78, 5) is 16.6. The van der Waals surface area contributed by atoms with Crippen LogP contribution < -0.4 is 10.2 Å². The fraction of sp³-hybridized carbons (Fsp3) is 0.0952. The maximum Gasteiger partial charge on any atom is 0.280 e. The van der Waals surface area contributed by atoms with Gasteiger partial charge in [-0.3, -0.25) is 9.78 Å². The quantitative estimate of drug-likeness (QED) is 0.469. The largest absolute Gasteiger partial charge is 0.479 e. The molecule has 0 radical (unpaired) electrons. The van der Waals surface area contributed by atoms with Gasteiger partial charge in [-0.25, -0.2) is 5.43 Å². The number of nitrogens with one attached hydrogen (secondary N) is 1. The molecule has 1 N–H and O–H groups in total. The van der Waals surface area contributed by atoms with E-state index in [1.807, 2.05) is 42.5 Å². The van der Waals surface area contributed by atoms with Gasteiger partial charge >= 0.3 is 0 Å². The molecule has 28 heavy (non-hydrogen) atoms. The maximum atomic E-state index is 12.5. The predicted molar refractivity (Wildman–Crippen MR) is 111 cm³/mol. The third kappa shape index (κ3) is 5.09. The molecule has 1 aromatic heterocycles. The highest BCUT2D eigenvalue weighted by molar-refractivity contribution is 6.35. The predicted octanol–water partition coefficient (Wildman–Crippen LogP) is 4.72. The summed E-state index contributed by atoms with van der Waals surface area (Å²) in [6.07, 6.45) is 2.55. The maximum absolute atomic E-state index is 12.5. The average molecular weight is 414 g/mol. The van der Waals surface area contributed by atoms with Crippen LogP contribution in [-0.4, -0.2) is 22.7 Å². The SMILES string of the molecule is CC(Oc1ccc(Cl)cc1Cl)C(=O)N/N=C(\c1ccccc1)c1cccnc1. The summed E-state index contributed by atoms with van der Waals surface area (Å²) >= 11 is 12.0. The van der Waals surface area contributed by atoms with Crippen molar-refractivity contribution in [3.63, 3.8) is 0 Å². The van der Waals surface area contributed by atoms with Gasteiger partial charge in [-0.15, -0.1) is 0 Å². The van der Waals surface area contributed by atoms with Crippen LogP contribution in [0.5, 0.6) is 5.75 Å². The number of amides is 1.